The molecule has 2 N–H and O–H groups in total. The first-order chi connectivity index (χ1) is 10.7. The topological polar surface area (TPSA) is 67.4 Å². The second kappa shape index (κ2) is 8.01. The maximum atomic E-state index is 13.0. The number of rotatable bonds is 6. The minimum Gasteiger partial charge on any atom is -0.383 e. The van der Waals surface area contributed by atoms with E-state index in [0.29, 0.717) is 13.0 Å². The summed E-state index contributed by atoms with van der Waals surface area (Å²) >= 11 is 0. The SMILES string of the molecule is COCC1(CNS(=O)(=O)c2ccccc2C(F)(F)F)CCCN1.Cl. The minimum absolute atomic E-state index is 0. The largest absolute Gasteiger partial charge is 0.417 e. The van der Waals surface area contributed by atoms with Crippen LogP contribution in [-0.4, -0.2) is 40.8 Å². The second-order valence-corrected chi connectivity index (χ2v) is 7.30. The fraction of sp³-hybridized carbons (Fsp3) is 0.571. The lowest BCUT2D eigenvalue weighted by atomic mass is 9.99. The molecule has 1 aromatic carbocycles. The first-order valence-electron chi connectivity index (χ1n) is 7.10. The second-order valence-electron chi connectivity index (χ2n) is 5.56. The molecule has 24 heavy (non-hydrogen) atoms. The van der Waals surface area contributed by atoms with Crippen molar-refractivity contribution in [3.05, 3.63) is 29.8 Å². The molecule has 138 valence electrons. The summed E-state index contributed by atoms with van der Waals surface area (Å²) in [6.45, 7) is 0.954. The van der Waals surface area contributed by atoms with Crippen LogP contribution in [0.3, 0.4) is 0 Å². The summed E-state index contributed by atoms with van der Waals surface area (Å²) in [5, 5.41) is 3.17. The average Bonchev–Trinajstić information content (AvgIpc) is 2.94. The molecule has 0 aromatic heterocycles. The summed E-state index contributed by atoms with van der Waals surface area (Å²) in [7, 11) is -2.79. The molecule has 0 aliphatic carbocycles. The molecular weight excluding hydrogens is 369 g/mol. The lowest BCUT2D eigenvalue weighted by molar-refractivity contribution is -0.139. The highest BCUT2D eigenvalue weighted by Gasteiger charge is 2.39. The van der Waals surface area contributed by atoms with Gasteiger partial charge in [0.25, 0.3) is 0 Å². The van der Waals surface area contributed by atoms with Crippen LogP contribution in [0.2, 0.25) is 0 Å². The molecule has 1 aliphatic heterocycles. The molecule has 1 fully saturated rings. The summed E-state index contributed by atoms with van der Waals surface area (Å²) in [5.74, 6) is 0. The molecule has 0 saturated carbocycles. The number of ether oxygens (including phenoxy) is 1. The van der Waals surface area contributed by atoms with E-state index < -0.39 is 32.2 Å². The Morgan fingerprint density at radius 3 is 2.54 bits per heavy atom. The summed E-state index contributed by atoms with van der Waals surface area (Å²) < 4.78 is 71.0. The van der Waals surface area contributed by atoms with E-state index in [9.17, 15) is 21.6 Å². The Morgan fingerprint density at radius 1 is 1.33 bits per heavy atom. The van der Waals surface area contributed by atoms with Crippen molar-refractivity contribution >= 4 is 22.4 Å². The normalized spacial score (nSPS) is 21.5. The zero-order valence-corrected chi connectivity index (χ0v) is 14.7. The van der Waals surface area contributed by atoms with Crippen molar-refractivity contribution in [2.45, 2.75) is 29.5 Å². The number of hydrogen-bond acceptors (Lipinski definition) is 4. The maximum absolute atomic E-state index is 13.0. The monoisotopic (exact) mass is 388 g/mol. The predicted octanol–water partition coefficient (Wildman–Crippen LogP) is 2.17. The first-order valence-corrected chi connectivity index (χ1v) is 8.58. The van der Waals surface area contributed by atoms with Crippen molar-refractivity contribution in [2.75, 3.05) is 26.8 Å². The van der Waals surface area contributed by atoms with E-state index in [-0.39, 0.29) is 25.6 Å². The third-order valence-electron chi connectivity index (χ3n) is 3.84. The van der Waals surface area contributed by atoms with Gasteiger partial charge in [0.1, 0.15) is 0 Å². The fourth-order valence-electron chi connectivity index (χ4n) is 2.72. The summed E-state index contributed by atoms with van der Waals surface area (Å²) in [6.07, 6.45) is -3.20. The van der Waals surface area contributed by atoms with Gasteiger partial charge in [0.2, 0.25) is 10.0 Å². The van der Waals surface area contributed by atoms with E-state index in [2.05, 4.69) is 10.0 Å². The van der Waals surface area contributed by atoms with E-state index in [4.69, 9.17) is 4.74 Å². The fourth-order valence-corrected chi connectivity index (χ4v) is 4.07. The van der Waals surface area contributed by atoms with Crippen molar-refractivity contribution in [1.82, 2.24) is 10.0 Å². The van der Waals surface area contributed by atoms with Crippen LogP contribution in [-0.2, 0) is 20.9 Å². The first kappa shape index (κ1) is 21.2. The molecule has 10 heteroatoms. The van der Waals surface area contributed by atoms with Crippen LogP contribution in [0, 0.1) is 0 Å². The van der Waals surface area contributed by atoms with E-state index >= 15 is 0 Å². The quantitative estimate of drug-likeness (QED) is 0.783. The Labute approximate surface area is 145 Å². The van der Waals surface area contributed by atoms with E-state index in [1.165, 1.54) is 13.2 Å². The van der Waals surface area contributed by atoms with E-state index in [0.717, 1.165) is 24.6 Å². The van der Waals surface area contributed by atoms with Crippen LogP contribution < -0.4 is 10.0 Å². The molecule has 5 nitrogen and oxygen atoms in total. The Kier molecular flexibility index (Phi) is 7.06. The van der Waals surface area contributed by atoms with Gasteiger partial charge in [0.05, 0.1) is 22.6 Å². The number of alkyl halides is 3. The molecule has 0 radical (unpaired) electrons. The molecule has 1 saturated heterocycles. The van der Waals surface area contributed by atoms with Gasteiger partial charge in [-0.05, 0) is 31.5 Å². The van der Waals surface area contributed by atoms with Crippen LogP contribution in [0.5, 0.6) is 0 Å². The van der Waals surface area contributed by atoms with Crippen LogP contribution in [0.25, 0.3) is 0 Å². The summed E-state index contributed by atoms with van der Waals surface area (Å²) in [5.41, 5.74) is -1.76. The zero-order chi connectivity index (χ0) is 17.1. The van der Waals surface area contributed by atoms with Crippen molar-refractivity contribution in [1.29, 1.82) is 0 Å². The molecule has 0 spiro atoms. The molecule has 1 aromatic rings. The summed E-state index contributed by atoms with van der Waals surface area (Å²) in [4.78, 5) is -0.766. The van der Waals surface area contributed by atoms with Gasteiger partial charge in [-0.1, -0.05) is 12.1 Å². The highest BCUT2D eigenvalue weighted by atomic mass is 35.5. The molecule has 1 unspecified atom stereocenters. The predicted molar refractivity (Wildman–Crippen MR) is 85.7 cm³/mol. The third-order valence-corrected chi connectivity index (χ3v) is 5.29. The average molecular weight is 389 g/mol. The molecule has 1 aliphatic rings. The van der Waals surface area contributed by atoms with Crippen molar-refractivity contribution in [3.63, 3.8) is 0 Å². The lowest BCUT2D eigenvalue weighted by Crippen LogP contribution is -2.53. The zero-order valence-electron chi connectivity index (χ0n) is 13.0. The standard InChI is InChI=1S/C14H19F3N2O3S.ClH/c1-22-10-13(7-4-8-18-13)9-19-23(20,21)12-6-3-2-5-11(12)14(15,16)17;/h2-3,5-6,18-19H,4,7-10H2,1H3;1H. The van der Waals surface area contributed by atoms with Crippen molar-refractivity contribution < 1.29 is 26.3 Å². The van der Waals surface area contributed by atoms with E-state index in [1.54, 1.807) is 0 Å². The van der Waals surface area contributed by atoms with Gasteiger partial charge in [-0.3, -0.25) is 0 Å². The number of methoxy groups -OCH3 is 1. The number of benzene rings is 1. The van der Waals surface area contributed by atoms with Crippen molar-refractivity contribution in [3.8, 4) is 0 Å². The third kappa shape index (κ3) is 4.82. The summed E-state index contributed by atoms with van der Waals surface area (Å²) in [6, 6.07) is 4.14. The number of hydrogen-bond donors (Lipinski definition) is 2. The lowest BCUT2D eigenvalue weighted by Gasteiger charge is -2.29. The minimum atomic E-state index is -4.73. The molecule has 0 amide bonds. The smallest absolute Gasteiger partial charge is 0.383 e. The Balaban J connectivity index is 0.00000288. The van der Waals surface area contributed by atoms with Crippen molar-refractivity contribution in [2.24, 2.45) is 0 Å². The Hall–Kier alpha value is -0.870. The van der Waals surface area contributed by atoms with Crippen LogP contribution in [0.4, 0.5) is 13.2 Å². The molecule has 2 rings (SSSR count). The Bertz CT molecular complexity index is 647. The molecular formula is C14H20ClF3N2O3S. The van der Waals surface area contributed by atoms with Gasteiger partial charge in [-0.15, -0.1) is 12.4 Å². The Morgan fingerprint density at radius 2 is 2.00 bits per heavy atom. The van der Waals surface area contributed by atoms with Gasteiger partial charge in [-0.2, -0.15) is 13.2 Å². The van der Waals surface area contributed by atoms with Gasteiger partial charge in [-0.25, -0.2) is 13.1 Å². The van der Waals surface area contributed by atoms with Crippen LogP contribution in [0.15, 0.2) is 29.2 Å². The molecule has 1 atom stereocenters. The van der Waals surface area contributed by atoms with Crippen LogP contribution in [0.1, 0.15) is 18.4 Å². The maximum Gasteiger partial charge on any atom is 0.417 e. The van der Waals surface area contributed by atoms with Gasteiger partial charge < -0.3 is 10.1 Å². The number of sulfonamides is 1. The van der Waals surface area contributed by atoms with E-state index in [1.807, 2.05) is 0 Å². The molecule has 1 heterocycles. The highest BCUT2D eigenvalue weighted by molar-refractivity contribution is 7.89. The number of halogens is 4. The molecule has 0 bridgehead atoms. The van der Waals surface area contributed by atoms with Crippen LogP contribution >= 0.6 is 12.4 Å². The highest BCUT2D eigenvalue weighted by Crippen LogP contribution is 2.34. The number of nitrogens with one attached hydrogen (secondary N) is 2. The van der Waals surface area contributed by atoms with Gasteiger partial charge >= 0.3 is 6.18 Å². The van der Waals surface area contributed by atoms with Gasteiger partial charge in [0, 0.05) is 13.7 Å². The van der Waals surface area contributed by atoms with Gasteiger partial charge in [0.15, 0.2) is 0 Å².